The van der Waals surface area contributed by atoms with Crippen molar-refractivity contribution in [1.29, 1.82) is 0 Å². The summed E-state index contributed by atoms with van der Waals surface area (Å²) in [5, 5.41) is 3.37. The molecule has 0 unspecified atom stereocenters. The molecule has 0 radical (unpaired) electrons. The van der Waals surface area contributed by atoms with Crippen LogP contribution in [-0.2, 0) is 4.79 Å². The molecule has 1 aliphatic rings. The van der Waals surface area contributed by atoms with Gasteiger partial charge in [-0.3, -0.25) is 9.69 Å². The molecule has 0 aliphatic carbocycles. The van der Waals surface area contributed by atoms with Crippen LogP contribution >= 0.6 is 0 Å². The molecule has 0 bridgehead atoms. The molecule has 0 aromatic heterocycles. The van der Waals surface area contributed by atoms with Crippen LogP contribution in [0.5, 0.6) is 0 Å². The minimum Gasteiger partial charge on any atom is -0.315 e. The minimum atomic E-state index is 0.440. The summed E-state index contributed by atoms with van der Waals surface area (Å²) >= 11 is 0. The number of hydrogen-bond acceptors (Lipinski definition) is 3. The first kappa shape index (κ1) is 16.6. The molecule has 1 heterocycles. The summed E-state index contributed by atoms with van der Waals surface area (Å²) in [4.78, 5) is 14.2. The van der Waals surface area contributed by atoms with E-state index in [1.165, 1.54) is 44.9 Å². The van der Waals surface area contributed by atoms with Crippen LogP contribution in [0.15, 0.2) is 0 Å². The van der Waals surface area contributed by atoms with Crippen molar-refractivity contribution in [1.82, 2.24) is 10.2 Å². The fraction of sp³-hybridized carbons (Fsp3) is 0.938. The van der Waals surface area contributed by atoms with Gasteiger partial charge in [-0.25, -0.2) is 0 Å². The van der Waals surface area contributed by atoms with Gasteiger partial charge in [0.2, 0.25) is 0 Å². The number of carbonyl (C=O) groups is 1. The summed E-state index contributed by atoms with van der Waals surface area (Å²) in [6.07, 6.45) is 11.0. The van der Waals surface area contributed by atoms with Gasteiger partial charge in [0.1, 0.15) is 5.78 Å². The average molecular weight is 268 g/mol. The van der Waals surface area contributed by atoms with E-state index in [1.54, 1.807) is 0 Å². The highest BCUT2D eigenvalue weighted by Gasteiger charge is 2.12. The minimum absolute atomic E-state index is 0.440. The Labute approximate surface area is 119 Å². The van der Waals surface area contributed by atoms with Crippen LogP contribution in [-0.4, -0.2) is 43.4 Å². The molecule has 1 saturated heterocycles. The Morgan fingerprint density at radius 2 is 1.74 bits per heavy atom. The Kier molecular flexibility index (Phi) is 10.0. The van der Waals surface area contributed by atoms with E-state index in [9.17, 15) is 4.79 Å². The van der Waals surface area contributed by atoms with Gasteiger partial charge in [0.25, 0.3) is 0 Å². The molecule has 3 heteroatoms. The molecule has 3 nitrogen and oxygen atoms in total. The van der Waals surface area contributed by atoms with E-state index in [4.69, 9.17) is 0 Å². The highest BCUT2D eigenvalue weighted by atomic mass is 16.1. The predicted octanol–water partition coefficient (Wildman–Crippen LogP) is 2.99. The number of nitrogens with one attached hydrogen (secondary N) is 1. The fourth-order valence-corrected chi connectivity index (χ4v) is 2.67. The molecule has 0 aromatic rings. The Morgan fingerprint density at radius 3 is 2.53 bits per heavy atom. The fourth-order valence-electron chi connectivity index (χ4n) is 2.67. The Bertz CT molecular complexity index is 223. The highest BCUT2D eigenvalue weighted by Crippen LogP contribution is 2.09. The number of Topliss-reactive ketones (excluding diaryl/α,β-unsaturated/α-hetero) is 1. The van der Waals surface area contributed by atoms with Crippen molar-refractivity contribution in [3.8, 4) is 0 Å². The van der Waals surface area contributed by atoms with Crippen molar-refractivity contribution < 1.29 is 4.79 Å². The van der Waals surface area contributed by atoms with Crippen LogP contribution in [0.4, 0.5) is 0 Å². The van der Waals surface area contributed by atoms with Crippen molar-refractivity contribution in [2.45, 2.75) is 64.7 Å². The van der Waals surface area contributed by atoms with Gasteiger partial charge < -0.3 is 5.32 Å². The standard InChI is InChI=1S/C16H32N2O/c1-2-3-4-5-6-7-8-10-16(19)15-18-13-9-11-17-12-14-18/h17H,2-15H2,1H3. The molecule has 0 atom stereocenters. The quantitative estimate of drug-likeness (QED) is 0.618. The van der Waals surface area contributed by atoms with Gasteiger partial charge in [0, 0.05) is 19.5 Å². The zero-order valence-electron chi connectivity index (χ0n) is 12.8. The molecule has 0 aromatic carbocycles. The third kappa shape index (κ3) is 9.17. The third-order valence-electron chi connectivity index (χ3n) is 3.89. The first-order valence-corrected chi connectivity index (χ1v) is 8.27. The van der Waals surface area contributed by atoms with Crippen LogP contribution in [0.2, 0.25) is 0 Å². The lowest BCUT2D eigenvalue weighted by Gasteiger charge is -2.18. The van der Waals surface area contributed by atoms with Gasteiger partial charge in [-0.05, 0) is 25.9 Å². The highest BCUT2D eigenvalue weighted by molar-refractivity contribution is 5.80. The molecular formula is C16H32N2O. The lowest BCUT2D eigenvalue weighted by atomic mass is 10.1. The molecule has 1 fully saturated rings. The molecule has 112 valence electrons. The van der Waals surface area contributed by atoms with Crippen molar-refractivity contribution >= 4 is 5.78 Å². The summed E-state index contributed by atoms with van der Waals surface area (Å²) in [6.45, 7) is 7.17. The van der Waals surface area contributed by atoms with Crippen LogP contribution in [0.1, 0.15) is 64.7 Å². The van der Waals surface area contributed by atoms with E-state index < -0.39 is 0 Å². The summed E-state index contributed by atoms with van der Waals surface area (Å²) < 4.78 is 0. The van der Waals surface area contributed by atoms with E-state index in [0.29, 0.717) is 12.3 Å². The lowest BCUT2D eigenvalue weighted by Crippen LogP contribution is -2.33. The Balaban J connectivity index is 1.95. The average Bonchev–Trinajstić information content (AvgIpc) is 2.66. The lowest BCUT2D eigenvalue weighted by molar-refractivity contribution is -0.120. The summed E-state index contributed by atoms with van der Waals surface area (Å²) in [5.74, 6) is 0.440. The maximum Gasteiger partial charge on any atom is 0.146 e. The molecule has 19 heavy (non-hydrogen) atoms. The summed E-state index contributed by atoms with van der Waals surface area (Å²) in [7, 11) is 0. The van der Waals surface area contributed by atoms with Gasteiger partial charge in [0.15, 0.2) is 0 Å². The number of ketones is 1. The predicted molar refractivity (Wildman–Crippen MR) is 81.5 cm³/mol. The zero-order chi connectivity index (χ0) is 13.8. The topological polar surface area (TPSA) is 32.3 Å². The third-order valence-corrected chi connectivity index (χ3v) is 3.89. The second kappa shape index (κ2) is 11.4. The monoisotopic (exact) mass is 268 g/mol. The zero-order valence-corrected chi connectivity index (χ0v) is 12.8. The summed E-state index contributed by atoms with van der Waals surface area (Å²) in [5.41, 5.74) is 0. The van der Waals surface area contributed by atoms with Crippen molar-refractivity contribution in [3.05, 3.63) is 0 Å². The van der Waals surface area contributed by atoms with Crippen molar-refractivity contribution in [3.63, 3.8) is 0 Å². The van der Waals surface area contributed by atoms with E-state index in [1.807, 2.05) is 0 Å². The molecule has 1 rings (SSSR count). The van der Waals surface area contributed by atoms with E-state index in [2.05, 4.69) is 17.1 Å². The number of nitrogens with zero attached hydrogens (tertiary/aromatic N) is 1. The van der Waals surface area contributed by atoms with Crippen molar-refractivity contribution in [2.75, 3.05) is 32.7 Å². The maximum absolute atomic E-state index is 11.9. The van der Waals surface area contributed by atoms with Crippen LogP contribution in [0, 0.1) is 0 Å². The molecule has 1 aliphatic heterocycles. The van der Waals surface area contributed by atoms with Crippen LogP contribution in [0.3, 0.4) is 0 Å². The van der Waals surface area contributed by atoms with E-state index in [-0.39, 0.29) is 0 Å². The number of hydrogen-bond donors (Lipinski definition) is 1. The Morgan fingerprint density at radius 1 is 1.00 bits per heavy atom. The number of rotatable bonds is 10. The van der Waals surface area contributed by atoms with Crippen molar-refractivity contribution in [2.24, 2.45) is 0 Å². The summed E-state index contributed by atoms with van der Waals surface area (Å²) in [6, 6.07) is 0. The molecule has 0 spiro atoms. The normalized spacial score (nSPS) is 17.3. The second-order valence-corrected chi connectivity index (χ2v) is 5.79. The number of carbonyl (C=O) groups excluding carboxylic acids is 1. The first-order chi connectivity index (χ1) is 9.33. The van der Waals surface area contributed by atoms with Gasteiger partial charge in [0.05, 0.1) is 6.54 Å². The van der Waals surface area contributed by atoms with E-state index >= 15 is 0 Å². The second-order valence-electron chi connectivity index (χ2n) is 5.79. The van der Waals surface area contributed by atoms with Gasteiger partial charge >= 0.3 is 0 Å². The molecule has 0 saturated carbocycles. The largest absolute Gasteiger partial charge is 0.315 e. The molecule has 1 N–H and O–H groups in total. The Hall–Kier alpha value is -0.410. The van der Waals surface area contributed by atoms with Gasteiger partial charge in [-0.1, -0.05) is 45.4 Å². The van der Waals surface area contributed by atoms with Gasteiger partial charge in [-0.15, -0.1) is 0 Å². The van der Waals surface area contributed by atoms with Crippen LogP contribution in [0.25, 0.3) is 0 Å². The van der Waals surface area contributed by atoms with Gasteiger partial charge in [-0.2, -0.15) is 0 Å². The first-order valence-electron chi connectivity index (χ1n) is 8.27. The van der Waals surface area contributed by atoms with Crippen LogP contribution < -0.4 is 5.32 Å². The van der Waals surface area contributed by atoms with E-state index in [0.717, 1.165) is 39.0 Å². The molecule has 0 amide bonds. The number of unbranched alkanes of at least 4 members (excludes halogenated alkanes) is 6. The smallest absolute Gasteiger partial charge is 0.146 e. The molecular weight excluding hydrogens is 236 g/mol. The maximum atomic E-state index is 11.9. The SMILES string of the molecule is CCCCCCCCCC(=O)CN1CCCNCC1.